The molecular formula is C22H28IN5OS. The maximum atomic E-state index is 5.70. The Morgan fingerprint density at radius 1 is 1.17 bits per heavy atom. The zero-order valence-corrected chi connectivity index (χ0v) is 20.2. The fourth-order valence-corrected chi connectivity index (χ4v) is 4.46. The van der Waals surface area contributed by atoms with Crippen LogP contribution in [0, 0.1) is 0 Å². The Bertz CT molecular complexity index is 907. The Kier molecular flexibility index (Phi) is 8.71. The molecule has 160 valence electrons. The van der Waals surface area contributed by atoms with Crippen LogP contribution in [0.1, 0.15) is 30.3 Å². The highest BCUT2D eigenvalue weighted by atomic mass is 127. The van der Waals surface area contributed by atoms with Crippen LogP contribution in [0.15, 0.2) is 63.5 Å². The minimum atomic E-state index is 0. The van der Waals surface area contributed by atoms with Gasteiger partial charge in [-0.05, 0) is 38.1 Å². The van der Waals surface area contributed by atoms with Crippen LogP contribution in [0.4, 0.5) is 0 Å². The van der Waals surface area contributed by atoms with Crippen molar-refractivity contribution >= 4 is 41.3 Å². The Morgan fingerprint density at radius 3 is 2.67 bits per heavy atom. The molecule has 0 aliphatic carbocycles. The van der Waals surface area contributed by atoms with Crippen molar-refractivity contribution in [1.82, 2.24) is 20.5 Å². The maximum Gasteiger partial charge on any atom is 0.191 e. The second-order valence-electron chi connectivity index (χ2n) is 7.09. The topological polar surface area (TPSA) is 65.7 Å². The highest BCUT2D eigenvalue weighted by molar-refractivity contribution is 14.0. The Morgan fingerprint density at radius 2 is 1.97 bits per heavy atom. The van der Waals surface area contributed by atoms with Crippen molar-refractivity contribution in [1.29, 1.82) is 0 Å². The van der Waals surface area contributed by atoms with Gasteiger partial charge in [-0.1, -0.05) is 30.3 Å². The summed E-state index contributed by atoms with van der Waals surface area (Å²) in [7, 11) is 1.80. The van der Waals surface area contributed by atoms with Gasteiger partial charge in [-0.3, -0.25) is 9.89 Å². The summed E-state index contributed by atoms with van der Waals surface area (Å²) >= 11 is 1.66. The summed E-state index contributed by atoms with van der Waals surface area (Å²) in [5.74, 6) is 1.77. The van der Waals surface area contributed by atoms with E-state index >= 15 is 0 Å². The summed E-state index contributed by atoms with van der Waals surface area (Å²) in [6.45, 7) is 3.61. The monoisotopic (exact) mass is 537 g/mol. The smallest absolute Gasteiger partial charge is 0.191 e. The lowest BCUT2D eigenvalue weighted by Crippen LogP contribution is -2.42. The molecule has 1 aromatic carbocycles. The summed E-state index contributed by atoms with van der Waals surface area (Å²) in [5, 5.41) is 9.97. The molecule has 8 heteroatoms. The minimum absolute atomic E-state index is 0. The van der Waals surface area contributed by atoms with Gasteiger partial charge in [0.05, 0.1) is 24.5 Å². The van der Waals surface area contributed by atoms with Crippen LogP contribution >= 0.6 is 35.3 Å². The van der Waals surface area contributed by atoms with Crippen molar-refractivity contribution in [3.8, 4) is 10.6 Å². The van der Waals surface area contributed by atoms with E-state index in [1.165, 1.54) is 12.8 Å². The lowest BCUT2D eigenvalue weighted by molar-refractivity contribution is 0.215. The lowest BCUT2D eigenvalue weighted by atomic mass is 10.2. The van der Waals surface area contributed by atoms with Crippen LogP contribution < -0.4 is 10.6 Å². The molecule has 1 saturated heterocycles. The molecule has 1 aliphatic rings. The average Bonchev–Trinajstić information content (AvgIpc) is 3.54. The van der Waals surface area contributed by atoms with E-state index in [0.717, 1.165) is 47.6 Å². The molecule has 0 radical (unpaired) electrons. The SMILES string of the molecule is CN=C(NCc1csc(-c2ccccc2)n1)NCC(c1ccco1)N1CCCC1.I. The lowest BCUT2D eigenvalue weighted by Gasteiger charge is -2.26. The molecule has 0 spiro atoms. The van der Waals surface area contributed by atoms with E-state index in [2.05, 4.69) is 44.1 Å². The molecule has 6 nitrogen and oxygen atoms in total. The number of nitrogens with one attached hydrogen (secondary N) is 2. The minimum Gasteiger partial charge on any atom is -0.468 e. The number of thiazole rings is 1. The normalized spacial score (nSPS) is 15.6. The molecule has 0 amide bonds. The van der Waals surface area contributed by atoms with Gasteiger partial charge in [0.1, 0.15) is 10.8 Å². The van der Waals surface area contributed by atoms with E-state index in [9.17, 15) is 0 Å². The fourth-order valence-electron chi connectivity index (χ4n) is 3.63. The molecule has 4 rings (SSSR count). The number of benzene rings is 1. The highest BCUT2D eigenvalue weighted by Gasteiger charge is 2.25. The number of hydrogen-bond donors (Lipinski definition) is 2. The van der Waals surface area contributed by atoms with E-state index in [-0.39, 0.29) is 30.0 Å². The van der Waals surface area contributed by atoms with Crippen LogP contribution in [-0.4, -0.2) is 42.5 Å². The molecule has 0 saturated carbocycles. The van der Waals surface area contributed by atoms with Gasteiger partial charge in [0.2, 0.25) is 0 Å². The van der Waals surface area contributed by atoms with E-state index in [1.807, 2.05) is 24.3 Å². The summed E-state index contributed by atoms with van der Waals surface area (Å²) in [6, 6.07) is 14.5. The van der Waals surface area contributed by atoms with Crippen molar-refractivity contribution in [3.63, 3.8) is 0 Å². The first-order chi connectivity index (χ1) is 14.3. The average molecular weight is 537 g/mol. The second kappa shape index (κ2) is 11.5. The molecule has 1 atom stereocenters. The molecular weight excluding hydrogens is 509 g/mol. The second-order valence-corrected chi connectivity index (χ2v) is 7.95. The summed E-state index contributed by atoms with van der Waals surface area (Å²) in [5.41, 5.74) is 2.16. The number of likely N-dealkylation sites (tertiary alicyclic amines) is 1. The third kappa shape index (κ3) is 5.83. The van der Waals surface area contributed by atoms with Crippen molar-refractivity contribution < 1.29 is 4.42 Å². The van der Waals surface area contributed by atoms with Crippen molar-refractivity contribution in [2.75, 3.05) is 26.7 Å². The number of furan rings is 1. The fraction of sp³-hybridized carbons (Fsp3) is 0.364. The number of aromatic nitrogens is 1. The summed E-state index contributed by atoms with van der Waals surface area (Å²) < 4.78 is 5.70. The van der Waals surface area contributed by atoms with Gasteiger partial charge >= 0.3 is 0 Å². The molecule has 3 aromatic rings. The van der Waals surface area contributed by atoms with Gasteiger partial charge in [0, 0.05) is 24.5 Å². The molecule has 1 unspecified atom stereocenters. The third-order valence-corrected chi connectivity index (χ3v) is 6.09. The molecule has 2 N–H and O–H groups in total. The van der Waals surface area contributed by atoms with E-state index < -0.39 is 0 Å². The number of aliphatic imine (C=N–C) groups is 1. The largest absolute Gasteiger partial charge is 0.468 e. The van der Waals surface area contributed by atoms with Crippen LogP contribution in [-0.2, 0) is 6.54 Å². The van der Waals surface area contributed by atoms with Gasteiger partial charge in [-0.25, -0.2) is 4.98 Å². The number of nitrogens with zero attached hydrogens (tertiary/aromatic N) is 3. The van der Waals surface area contributed by atoms with Crippen LogP contribution in [0.25, 0.3) is 10.6 Å². The number of rotatable bonds is 7. The van der Waals surface area contributed by atoms with Gasteiger partial charge in [-0.2, -0.15) is 0 Å². The van der Waals surface area contributed by atoms with Crippen molar-refractivity contribution in [2.24, 2.45) is 4.99 Å². The number of guanidine groups is 1. The van der Waals surface area contributed by atoms with E-state index in [0.29, 0.717) is 6.54 Å². The van der Waals surface area contributed by atoms with Crippen molar-refractivity contribution in [3.05, 3.63) is 65.6 Å². The van der Waals surface area contributed by atoms with Gasteiger partial charge in [-0.15, -0.1) is 35.3 Å². The van der Waals surface area contributed by atoms with Gasteiger partial charge in [0.15, 0.2) is 5.96 Å². The quantitative estimate of drug-likeness (QED) is 0.264. The predicted octanol–water partition coefficient (Wildman–Crippen LogP) is 4.52. The first-order valence-electron chi connectivity index (χ1n) is 10.1. The van der Waals surface area contributed by atoms with Gasteiger partial charge in [0.25, 0.3) is 0 Å². The Labute approximate surface area is 198 Å². The standard InChI is InChI=1S/C22H27N5OS.HI/c1-23-22(24-14-18-16-29-21(26-18)17-8-3-2-4-9-17)25-15-19(20-10-7-13-28-20)27-11-5-6-12-27;/h2-4,7-10,13,16,19H,5-6,11-12,14-15H2,1H3,(H2,23,24,25);1H. The van der Waals surface area contributed by atoms with Gasteiger partial charge < -0.3 is 15.1 Å². The zero-order chi connectivity index (χ0) is 19.9. The number of hydrogen-bond acceptors (Lipinski definition) is 5. The Balaban J connectivity index is 0.00000256. The molecule has 30 heavy (non-hydrogen) atoms. The summed E-state index contributed by atoms with van der Waals surface area (Å²) in [4.78, 5) is 11.6. The maximum absolute atomic E-state index is 5.70. The zero-order valence-electron chi connectivity index (χ0n) is 17.1. The first-order valence-corrected chi connectivity index (χ1v) is 10.9. The van der Waals surface area contributed by atoms with Crippen molar-refractivity contribution in [2.45, 2.75) is 25.4 Å². The predicted molar refractivity (Wildman–Crippen MR) is 133 cm³/mol. The van der Waals surface area contributed by atoms with E-state index in [1.54, 1.807) is 24.6 Å². The van der Waals surface area contributed by atoms with Crippen LogP contribution in [0.3, 0.4) is 0 Å². The number of halogens is 1. The Hall–Kier alpha value is -1.91. The molecule has 2 aromatic heterocycles. The molecule has 3 heterocycles. The highest BCUT2D eigenvalue weighted by Crippen LogP contribution is 2.25. The molecule has 0 bridgehead atoms. The molecule has 1 aliphatic heterocycles. The molecule has 1 fully saturated rings. The van der Waals surface area contributed by atoms with E-state index in [4.69, 9.17) is 9.40 Å². The summed E-state index contributed by atoms with van der Waals surface area (Å²) in [6.07, 6.45) is 4.24. The third-order valence-electron chi connectivity index (χ3n) is 5.15. The van der Waals surface area contributed by atoms with Crippen LogP contribution in [0.5, 0.6) is 0 Å². The van der Waals surface area contributed by atoms with Crippen LogP contribution in [0.2, 0.25) is 0 Å². The first kappa shape index (κ1) is 22.8.